The monoisotopic (exact) mass is 413 g/mol. The summed E-state index contributed by atoms with van der Waals surface area (Å²) in [5, 5.41) is 13.1. The SMILES string of the molecule is CCN(Cc1ccccc1)C(=O)COC(=O)CCNC(=O)c1ccc([N+](=O)[O-])cc1. The molecule has 158 valence electrons. The highest BCUT2D eigenvalue weighted by atomic mass is 16.6. The minimum atomic E-state index is -0.608. The minimum absolute atomic E-state index is 0.0182. The molecule has 0 saturated carbocycles. The molecule has 0 aliphatic carbocycles. The van der Waals surface area contributed by atoms with Crippen molar-refractivity contribution in [3.05, 3.63) is 75.8 Å². The van der Waals surface area contributed by atoms with E-state index in [9.17, 15) is 24.5 Å². The van der Waals surface area contributed by atoms with Crippen molar-refractivity contribution >= 4 is 23.5 Å². The Kier molecular flexibility index (Phi) is 8.49. The zero-order valence-corrected chi connectivity index (χ0v) is 16.6. The number of nitro benzene ring substituents is 1. The van der Waals surface area contributed by atoms with E-state index in [0.717, 1.165) is 5.56 Å². The van der Waals surface area contributed by atoms with Crippen LogP contribution in [0, 0.1) is 10.1 Å². The molecule has 9 heteroatoms. The summed E-state index contributed by atoms with van der Waals surface area (Å²) in [7, 11) is 0. The average molecular weight is 413 g/mol. The van der Waals surface area contributed by atoms with Gasteiger partial charge < -0.3 is 15.0 Å². The average Bonchev–Trinajstić information content (AvgIpc) is 2.76. The Balaban J connectivity index is 1.71. The molecule has 0 saturated heterocycles. The number of nitrogens with zero attached hydrogens (tertiary/aromatic N) is 2. The van der Waals surface area contributed by atoms with E-state index in [4.69, 9.17) is 4.74 Å². The fourth-order valence-electron chi connectivity index (χ4n) is 2.60. The summed E-state index contributed by atoms with van der Waals surface area (Å²) in [5.74, 6) is -1.37. The van der Waals surface area contributed by atoms with Crippen molar-refractivity contribution in [2.75, 3.05) is 19.7 Å². The van der Waals surface area contributed by atoms with Crippen molar-refractivity contribution in [1.29, 1.82) is 0 Å². The van der Waals surface area contributed by atoms with Crippen LogP contribution in [0.5, 0.6) is 0 Å². The molecule has 0 atom stereocenters. The van der Waals surface area contributed by atoms with Crippen molar-refractivity contribution in [3.63, 3.8) is 0 Å². The summed E-state index contributed by atoms with van der Waals surface area (Å²) < 4.78 is 5.00. The molecule has 2 aromatic rings. The molecule has 2 aromatic carbocycles. The molecule has 0 spiro atoms. The molecule has 0 aliphatic rings. The maximum absolute atomic E-state index is 12.3. The van der Waals surface area contributed by atoms with Gasteiger partial charge >= 0.3 is 5.97 Å². The summed E-state index contributed by atoms with van der Waals surface area (Å²) in [5.41, 5.74) is 1.10. The first-order valence-corrected chi connectivity index (χ1v) is 9.40. The van der Waals surface area contributed by atoms with Gasteiger partial charge in [0.1, 0.15) is 0 Å². The molecule has 0 radical (unpaired) electrons. The van der Waals surface area contributed by atoms with Crippen LogP contribution in [0.1, 0.15) is 29.3 Å². The van der Waals surface area contributed by atoms with Crippen LogP contribution in [0.2, 0.25) is 0 Å². The number of nitrogens with one attached hydrogen (secondary N) is 1. The molecule has 0 aromatic heterocycles. The van der Waals surface area contributed by atoms with Gasteiger partial charge in [0.15, 0.2) is 6.61 Å². The number of esters is 1. The first-order valence-electron chi connectivity index (χ1n) is 9.40. The van der Waals surface area contributed by atoms with E-state index in [0.29, 0.717) is 13.1 Å². The quantitative estimate of drug-likeness (QED) is 0.363. The Hall–Kier alpha value is -3.75. The number of carbonyl (C=O) groups is 3. The smallest absolute Gasteiger partial charge is 0.308 e. The van der Waals surface area contributed by atoms with Crippen LogP contribution in [0.15, 0.2) is 54.6 Å². The second kappa shape index (κ2) is 11.3. The van der Waals surface area contributed by atoms with Crippen LogP contribution < -0.4 is 5.32 Å². The molecule has 0 unspecified atom stereocenters. The molecule has 0 bridgehead atoms. The molecule has 2 amide bonds. The molecule has 0 fully saturated rings. The van der Waals surface area contributed by atoms with Gasteiger partial charge in [0, 0.05) is 37.3 Å². The lowest BCUT2D eigenvalue weighted by Crippen LogP contribution is -2.34. The molecule has 0 heterocycles. The van der Waals surface area contributed by atoms with Gasteiger partial charge in [0.05, 0.1) is 11.3 Å². The maximum atomic E-state index is 12.3. The Bertz CT molecular complexity index is 883. The number of hydrogen-bond donors (Lipinski definition) is 1. The van der Waals surface area contributed by atoms with E-state index >= 15 is 0 Å². The Morgan fingerprint density at radius 1 is 1.07 bits per heavy atom. The first-order chi connectivity index (χ1) is 14.4. The van der Waals surface area contributed by atoms with Gasteiger partial charge in [0.2, 0.25) is 0 Å². The normalized spacial score (nSPS) is 10.2. The van der Waals surface area contributed by atoms with Crippen molar-refractivity contribution in [1.82, 2.24) is 10.2 Å². The Morgan fingerprint density at radius 2 is 1.73 bits per heavy atom. The third-order valence-corrected chi connectivity index (χ3v) is 4.26. The van der Waals surface area contributed by atoms with Gasteiger partial charge in [-0.3, -0.25) is 24.5 Å². The van der Waals surface area contributed by atoms with Crippen molar-refractivity contribution < 1.29 is 24.0 Å². The van der Waals surface area contributed by atoms with Crippen LogP contribution in [0.3, 0.4) is 0 Å². The molecule has 30 heavy (non-hydrogen) atoms. The summed E-state index contributed by atoms with van der Waals surface area (Å²) in [6.45, 7) is 2.41. The number of rotatable bonds is 10. The number of carbonyl (C=O) groups excluding carboxylic acids is 3. The number of benzene rings is 2. The first kappa shape index (κ1) is 22.5. The fraction of sp³-hybridized carbons (Fsp3) is 0.286. The van der Waals surface area contributed by atoms with Crippen LogP contribution >= 0.6 is 0 Å². The lowest BCUT2D eigenvalue weighted by atomic mass is 10.2. The van der Waals surface area contributed by atoms with Gasteiger partial charge in [-0.2, -0.15) is 0 Å². The summed E-state index contributed by atoms with van der Waals surface area (Å²) in [6.07, 6.45) is -0.100. The standard InChI is InChI=1S/C21H23N3O6/c1-2-23(14-16-6-4-3-5-7-16)19(25)15-30-20(26)12-13-22-21(27)17-8-10-18(11-9-17)24(28)29/h3-11H,2,12-15H2,1H3,(H,22,27). The molecular formula is C21H23N3O6. The lowest BCUT2D eigenvalue weighted by Gasteiger charge is -2.20. The number of nitro groups is 1. The van der Waals surface area contributed by atoms with Crippen molar-refractivity contribution in [3.8, 4) is 0 Å². The van der Waals surface area contributed by atoms with Crippen LogP contribution in [-0.2, 0) is 20.9 Å². The number of likely N-dealkylation sites (N-methyl/N-ethyl adjacent to an activating group) is 1. The highest BCUT2D eigenvalue weighted by Crippen LogP contribution is 2.11. The highest BCUT2D eigenvalue weighted by Gasteiger charge is 2.15. The fourth-order valence-corrected chi connectivity index (χ4v) is 2.60. The Labute approximate surface area is 173 Å². The predicted octanol–water partition coefficient (Wildman–Crippen LogP) is 2.31. The zero-order valence-electron chi connectivity index (χ0n) is 16.6. The van der Waals surface area contributed by atoms with Gasteiger partial charge in [-0.15, -0.1) is 0 Å². The summed E-state index contributed by atoms with van der Waals surface area (Å²) in [4.78, 5) is 47.7. The van der Waals surface area contributed by atoms with Gasteiger partial charge in [-0.1, -0.05) is 30.3 Å². The summed E-state index contributed by atoms with van der Waals surface area (Å²) in [6, 6.07) is 14.6. The van der Waals surface area contributed by atoms with Crippen molar-refractivity contribution in [2.45, 2.75) is 19.9 Å². The number of hydrogen-bond acceptors (Lipinski definition) is 6. The van der Waals surface area contributed by atoms with Crippen LogP contribution in [0.4, 0.5) is 5.69 Å². The van der Waals surface area contributed by atoms with E-state index in [-0.39, 0.29) is 36.7 Å². The Morgan fingerprint density at radius 3 is 2.33 bits per heavy atom. The molecular weight excluding hydrogens is 390 g/mol. The third kappa shape index (κ3) is 7.01. The van der Waals surface area contributed by atoms with E-state index < -0.39 is 16.8 Å². The van der Waals surface area contributed by atoms with E-state index in [1.807, 2.05) is 37.3 Å². The van der Waals surface area contributed by atoms with Crippen LogP contribution in [-0.4, -0.2) is 47.3 Å². The molecule has 0 aliphatic heterocycles. The van der Waals surface area contributed by atoms with E-state index in [1.54, 1.807) is 4.90 Å². The second-order valence-electron chi connectivity index (χ2n) is 6.36. The zero-order chi connectivity index (χ0) is 21.9. The highest BCUT2D eigenvalue weighted by molar-refractivity contribution is 5.94. The topological polar surface area (TPSA) is 119 Å². The predicted molar refractivity (Wildman–Crippen MR) is 109 cm³/mol. The van der Waals surface area contributed by atoms with Crippen LogP contribution in [0.25, 0.3) is 0 Å². The van der Waals surface area contributed by atoms with Gasteiger partial charge in [-0.05, 0) is 24.6 Å². The van der Waals surface area contributed by atoms with Gasteiger partial charge in [0.25, 0.3) is 17.5 Å². The largest absolute Gasteiger partial charge is 0.456 e. The third-order valence-electron chi connectivity index (χ3n) is 4.26. The number of non-ortho nitro benzene ring substituents is 1. The number of ether oxygens (including phenoxy) is 1. The lowest BCUT2D eigenvalue weighted by molar-refractivity contribution is -0.384. The second-order valence-corrected chi connectivity index (χ2v) is 6.36. The van der Waals surface area contributed by atoms with E-state index in [1.165, 1.54) is 24.3 Å². The van der Waals surface area contributed by atoms with E-state index in [2.05, 4.69) is 5.32 Å². The minimum Gasteiger partial charge on any atom is -0.456 e. The molecule has 2 rings (SSSR count). The number of amides is 2. The molecule has 1 N–H and O–H groups in total. The van der Waals surface area contributed by atoms with Gasteiger partial charge in [-0.25, -0.2) is 0 Å². The summed E-state index contributed by atoms with van der Waals surface area (Å²) >= 11 is 0. The molecule has 9 nitrogen and oxygen atoms in total. The maximum Gasteiger partial charge on any atom is 0.308 e. The van der Waals surface area contributed by atoms with Crippen molar-refractivity contribution in [2.24, 2.45) is 0 Å².